The zero-order valence-corrected chi connectivity index (χ0v) is 9.36. The van der Waals surface area contributed by atoms with Crippen molar-refractivity contribution in [1.29, 1.82) is 0 Å². The normalized spacial score (nSPS) is 26.5. The van der Waals surface area contributed by atoms with Gasteiger partial charge in [0.05, 0.1) is 0 Å². The van der Waals surface area contributed by atoms with Crippen LogP contribution < -0.4 is 5.32 Å². The molecule has 0 amide bonds. The zero-order valence-electron chi connectivity index (χ0n) is 8.60. The van der Waals surface area contributed by atoms with E-state index in [1.807, 2.05) is 24.3 Å². The van der Waals surface area contributed by atoms with Gasteiger partial charge in [-0.3, -0.25) is 0 Å². The smallest absolute Gasteiger partial charge is 0.127 e. The first-order chi connectivity index (χ1) is 7.18. The number of benzene rings is 1. The number of piperidine rings is 1. The standard InChI is InChI=1S/C12H15ClFN/c13-11-4-1-3-10(7-11)8-12(14)5-2-6-15-9-12/h1,3-4,7,15H,2,5-6,8-9H2. The van der Waals surface area contributed by atoms with Gasteiger partial charge < -0.3 is 5.32 Å². The van der Waals surface area contributed by atoms with Crippen LogP contribution in [-0.2, 0) is 6.42 Å². The molecule has 0 bridgehead atoms. The molecule has 1 saturated heterocycles. The highest BCUT2D eigenvalue weighted by Crippen LogP contribution is 2.26. The van der Waals surface area contributed by atoms with E-state index in [1.165, 1.54) is 0 Å². The lowest BCUT2D eigenvalue weighted by Crippen LogP contribution is -2.43. The van der Waals surface area contributed by atoms with Crippen LogP contribution in [0, 0.1) is 0 Å². The molecule has 3 heteroatoms. The highest BCUT2D eigenvalue weighted by atomic mass is 35.5. The van der Waals surface area contributed by atoms with Gasteiger partial charge in [-0.1, -0.05) is 23.7 Å². The Kier molecular flexibility index (Phi) is 3.27. The Hall–Kier alpha value is -0.600. The SMILES string of the molecule is FC1(Cc2cccc(Cl)c2)CCCNC1. The van der Waals surface area contributed by atoms with Crippen LogP contribution in [0.2, 0.25) is 5.02 Å². The fraction of sp³-hybridized carbons (Fsp3) is 0.500. The second kappa shape index (κ2) is 4.50. The molecule has 1 atom stereocenters. The monoisotopic (exact) mass is 227 g/mol. The lowest BCUT2D eigenvalue weighted by Gasteiger charge is -2.30. The van der Waals surface area contributed by atoms with Crippen molar-refractivity contribution in [2.24, 2.45) is 0 Å². The van der Waals surface area contributed by atoms with Crippen LogP contribution in [0.5, 0.6) is 0 Å². The van der Waals surface area contributed by atoms with Crippen LogP contribution >= 0.6 is 11.6 Å². The van der Waals surface area contributed by atoms with Gasteiger partial charge in [-0.05, 0) is 37.1 Å². The molecule has 1 aliphatic heterocycles. The Balaban J connectivity index is 2.06. The molecular formula is C12H15ClFN. The minimum Gasteiger partial charge on any atom is -0.314 e. The van der Waals surface area contributed by atoms with Crippen LogP contribution in [0.4, 0.5) is 4.39 Å². The predicted molar refractivity (Wildman–Crippen MR) is 61.1 cm³/mol. The number of nitrogens with one attached hydrogen (secondary N) is 1. The molecule has 1 N–H and O–H groups in total. The first-order valence-corrected chi connectivity index (χ1v) is 5.70. The average Bonchev–Trinajstić information content (AvgIpc) is 2.18. The van der Waals surface area contributed by atoms with Gasteiger partial charge >= 0.3 is 0 Å². The molecular weight excluding hydrogens is 213 g/mol. The van der Waals surface area contributed by atoms with Crippen molar-refractivity contribution < 1.29 is 4.39 Å². The molecule has 0 aliphatic carbocycles. The molecule has 0 radical (unpaired) electrons. The van der Waals surface area contributed by atoms with Crippen molar-refractivity contribution in [2.75, 3.05) is 13.1 Å². The third-order valence-corrected chi connectivity index (χ3v) is 3.07. The number of hydrogen-bond donors (Lipinski definition) is 1. The van der Waals surface area contributed by atoms with Crippen LogP contribution in [-0.4, -0.2) is 18.8 Å². The van der Waals surface area contributed by atoms with Crippen LogP contribution in [0.15, 0.2) is 24.3 Å². The molecule has 1 fully saturated rings. The lowest BCUT2D eigenvalue weighted by molar-refractivity contribution is 0.122. The summed E-state index contributed by atoms with van der Waals surface area (Å²) >= 11 is 5.87. The number of hydrogen-bond acceptors (Lipinski definition) is 1. The molecule has 15 heavy (non-hydrogen) atoms. The van der Waals surface area contributed by atoms with Crippen molar-refractivity contribution in [3.8, 4) is 0 Å². The Labute approximate surface area is 94.6 Å². The number of rotatable bonds is 2. The van der Waals surface area contributed by atoms with Crippen molar-refractivity contribution in [2.45, 2.75) is 24.9 Å². The lowest BCUT2D eigenvalue weighted by atomic mass is 9.89. The van der Waals surface area contributed by atoms with Gasteiger partial charge in [0, 0.05) is 18.0 Å². The second-order valence-corrected chi connectivity index (χ2v) is 4.67. The summed E-state index contributed by atoms with van der Waals surface area (Å²) in [5, 5.41) is 3.78. The van der Waals surface area contributed by atoms with Crippen LogP contribution in [0.25, 0.3) is 0 Å². The summed E-state index contributed by atoms with van der Waals surface area (Å²) in [6.45, 7) is 1.39. The van der Waals surface area contributed by atoms with Crippen molar-refractivity contribution in [1.82, 2.24) is 5.32 Å². The first-order valence-electron chi connectivity index (χ1n) is 5.32. The maximum absolute atomic E-state index is 14.3. The zero-order chi connectivity index (χ0) is 10.7. The van der Waals surface area contributed by atoms with Crippen molar-refractivity contribution >= 4 is 11.6 Å². The largest absolute Gasteiger partial charge is 0.314 e. The molecule has 1 unspecified atom stereocenters. The predicted octanol–water partition coefficient (Wildman–Crippen LogP) is 2.97. The van der Waals surface area contributed by atoms with Gasteiger partial charge in [-0.25, -0.2) is 4.39 Å². The highest BCUT2D eigenvalue weighted by molar-refractivity contribution is 6.30. The second-order valence-electron chi connectivity index (χ2n) is 4.24. The summed E-state index contributed by atoms with van der Waals surface area (Å²) in [6, 6.07) is 7.46. The molecule has 2 rings (SSSR count). The summed E-state index contributed by atoms with van der Waals surface area (Å²) < 4.78 is 14.3. The van der Waals surface area contributed by atoms with E-state index in [4.69, 9.17) is 11.6 Å². The van der Waals surface area contributed by atoms with E-state index >= 15 is 0 Å². The molecule has 1 aromatic carbocycles. The Morgan fingerprint density at radius 2 is 2.33 bits per heavy atom. The molecule has 1 aromatic rings. The molecule has 0 aromatic heterocycles. The molecule has 0 spiro atoms. The summed E-state index contributed by atoms with van der Waals surface area (Å²) in [6.07, 6.45) is 2.02. The Bertz CT molecular complexity index is 334. The number of alkyl halides is 1. The van der Waals surface area contributed by atoms with Gasteiger partial charge in [0.25, 0.3) is 0 Å². The van der Waals surface area contributed by atoms with Gasteiger partial charge in [-0.2, -0.15) is 0 Å². The molecule has 1 heterocycles. The van der Waals surface area contributed by atoms with Gasteiger partial charge in [0.1, 0.15) is 5.67 Å². The van der Waals surface area contributed by atoms with E-state index in [1.54, 1.807) is 0 Å². The van der Waals surface area contributed by atoms with E-state index < -0.39 is 5.67 Å². The molecule has 82 valence electrons. The van der Waals surface area contributed by atoms with E-state index in [0.717, 1.165) is 18.5 Å². The average molecular weight is 228 g/mol. The molecule has 0 saturated carbocycles. The summed E-state index contributed by atoms with van der Waals surface area (Å²) in [7, 11) is 0. The molecule has 1 aliphatic rings. The van der Waals surface area contributed by atoms with Gasteiger partial charge in [0.15, 0.2) is 0 Å². The Morgan fingerprint density at radius 3 is 3.00 bits per heavy atom. The summed E-state index contributed by atoms with van der Waals surface area (Å²) in [5.41, 5.74) is -0.114. The van der Waals surface area contributed by atoms with E-state index in [9.17, 15) is 4.39 Å². The third kappa shape index (κ3) is 2.93. The maximum Gasteiger partial charge on any atom is 0.127 e. The highest BCUT2D eigenvalue weighted by Gasteiger charge is 2.31. The minimum atomic E-state index is -1.09. The fourth-order valence-corrected chi connectivity index (χ4v) is 2.31. The minimum absolute atomic E-state index is 0.458. The van der Waals surface area contributed by atoms with Gasteiger partial charge in [0.2, 0.25) is 0 Å². The third-order valence-electron chi connectivity index (χ3n) is 2.83. The van der Waals surface area contributed by atoms with Gasteiger partial charge in [-0.15, -0.1) is 0 Å². The van der Waals surface area contributed by atoms with Crippen molar-refractivity contribution in [3.05, 3.63) is 34.9 Å². The molecule has 1 nitrogen and oxygen atoms in total. The van der Waals surface area contributed by atoms with Crippen molar-refractivity contribution in [3.63, 3.8) is 0 Å². The van der Waals surface area contributed by atoms with Crippen LogP contribution in [0.1, 0.15) is 18.4 Å². The number of halogens is 2. The van der Waals surface area contributed by atoms with Crippen LogP contribution in [0.3, 0.4) is 0 Å². The summed E-state index contributed by atoms with van der Waals surface area (Å²) in [5.74, 6) is 0. The summed E-state index contributed by atoms with van der Waals surface area (Å²) in [4.78, 5) is 0. The van der Waals surface area contributed by atoms with E-state index in [2.05, 4.69) is 5.32 Å². The maximum atomic E-state index is 14.3. The van der Waals surface area contributed by atoms with E-state index in [-0.39, 0.29) is 0 Å². The quantitative estimate of drug-likeness (QED) is 0.819. The topological polar surface area (TPSA) is 12.0 Å². The first kappa shape index (κ1) is 10.9. The Morgan fingerprint density at radius 1 is 1.47 bits per heavy atom. The fourth-order valence-electron chi connectivity index (χ4n) is 2.09. The van der Waals surface area contributed by atoms with E-state index in [0.29, 0.717) is 24.4 Å².